The fourth-order valence-corrected chi connectivity index (χ4v) is 2.99. The first-order valence-electron chi connectivity index (χ1n) is 7.43. The number of rotatable bonds is 7. The smallest absolute Gasteiger partial charge is 0.238 e. The Balaban J connectivity index is 1.79. The van der Waals surface area contributed by atoms with Crippen LogP contribution in [0, 0.1) is 0 Å². The van der Waals surface area contributed by atoms with Crippen LogP contribution in [0.5, 0.6) is 0 Å². The van der Waals surface area contributed by atoms with E-state index in [-0.39, 0.29) is 24.9 Å². The Hall–Kier alpha value is -1.89. The summed E-state index contributed by atoms with van der Waals surface area (Å²) < 4.78 is 0. The Morgan fingerprint density at radius 3 is 2.58 bits per heavy atom. The molecule has 0 aliphatic heterocycles. The van der Waals surface area contributed by atoms with Crippen LogP contribution in [-0.2, 0) is 16.1 Å². The number of nitrogens with zero attached hydrogens (tertiary/aromatic N) is 2. The second-order valence-corrected chi connectivity index (χ2v) is 6.77. The third kappa shape index (κ3) is 5.63. The van der Waals surface area contributed by atoms with Gasteiger partial charge in [-0.05, 0) is 41.6 Å². The summed E-state index contributed by atoms with van der Waals surface area (Å²) in [5.41, 5.74) is 1.67. The largest absolute Gasteiger partial charge is 0.340 e. The fourth-order valence-electron chi connectivity index (χ4n) is 2.15. The molecule has 0 aliphatic rings. The van der Waals surface area contributed by atoms with Gasteiger partial charge in [-0.3, -0.25) is 14.5 Å². The summed E-state index contributed by atoms with van der Waals surface area (Å²) in [6.07, 6.45) is 0. The average Bonchev–Trinajstić information content (AvgIpc) is 3.02. The van der Waals surface area contributed by atoms with E-state index >= 15 is 0 Å². The van der Waals surface area contributed by atoms with Crippen LogP contribution >= 0.6 is 22.9 Å². The summed E-state index contributed by atoms with van der Waals surface area (Å²) in [6, 6.07) is 9.04. The van der Waals surface area contributed by atoms with Gasteiger partial charge in [-0.15, -0.1) is 0 Å². The summed E-state index contributed by atoms with van der Waals surface area (Å²) >= 11 is 7.62. The van der Waals surface area contributed by atoms with E-state index in [2.05, 4.69) is 5.32 Å². The minimum absolute atomic E-state index is 0.0331. The quantitative estimate of drug-likeness (QED) is 0.820. The van der Waals surface area contributed by atoms with E-state index < -0.39 is 0 Å². The van der Waals surface area contributed by atoms with Crippen LogP contribution in [0.25, 0.3) is 0 Å². The molecule has 2 rings (SSSR count). The van der Waals surface area contributed by atoms with Crippen LogP contribution in [0.4, 0.5) is 5.69 Å². The van der Waals surface area contributed by atoms with E-state index in [0.29, 0.717) is 17.3 Å². The van der Waals surface area contributed by atoms with E-state index in [4.69, 9.17) is 11.6 Å². The molecule has 0 fully saturated rings. The molecule has 5 nitrogen and oxygen atoms in total. The Morgan fingerprint density at radius 2 is 1.92 bits per heavy atom. The van der Waals surface area contributed by atoms with Gasteiger partial charge in [0.15, 0.2) is 0 Å². The normalized spacial score (nSPS) is 10.7. The van der Waals surface area contributed by atoms with Crippen molar-refractivity contribution in [2.24, 2.45) is 0 Å². The Kier molecular flexibility index (Phi) is 6.78. The number of thiophene rings is 1. The van der Waals surface area contributed by atoms with E-state index in [1.165, 1.54) is 0 Å². The van der Waals surface area contributed by atoms with Crippen molar-refractivity contribution in [3.63, 3.8) is 0 Å². The molecule has 7 heteroatoms. The van der Waals surface area contributed by atoms with Crippen LogP contribution in [-0.4, -0.2) is 48.8 Å². The van der Waals surface area contributed by atoms with Gasteiger partial charge >= 0.3 is 0 Å². The first-order chi connectivity index (χ1) is 11.5. The Labute approximate surface area is 150 Å². The second kappa shape index (κ2) is 8.82. The highest BCUT2D eigenvalue weighted by Crippen LogP contribution is 2.20. The minimum atomic E-state index is -0.209. The number of hydrogen-bond donors (Lipinski definition) is 1. The maximum absolute atomic E-state index is 12.2. The summed E-state index contributed by atoms with van der Waals surface area (Å²) in [5.74, 6) is -0.242. The van der Waals surface area contributed by atoms with E-state index in [1.54, 1.807) is 59.5 Å². The maximum atomic E-state index is 12.2. The maximum Gasteiger partial charge on any atom is 0.238 e. The molecule has 24 heavy (non-hydrogen) atoms. The van der Waals surface area contributed by atoms with Gasteiger partial charge in [0.2, 0.25) is 11.8 Å². The average molecular weight is 366 g/mol. The highest BCUT2D eigenvalue weighted by atomic mass is 35.5. The van der Waals surface area contributed by atoms with Gasteiger partial charge in [-0.25, -0.2) is 0 Å². The zero-order chi connectivity index (χ0) is 17.5. The van der Waals surface area contributed by atoms with Crippen LogP contribution in [0.2, 0.25) is 5.02 Å². The van der Waals surface area contributed by atoms with E-state index in [9.17, 15) is 9.59 Å². The third-order valence-electron chi connectivity index (χ3n) is 3.39. The molecule has 0 saturated heterocycles. The fraction of sp³-hybridized carbons (Fsp3) is 0.294. The van der Waals surface area contributed by atoms with Crippen molar-refractivity contribution in [1.29, 1.82) is 0 Å². The van der Waals surface area contributed by atoms with Crippen molar-refractivity contribution >= 4 is 40.4 Å². The molecule has 0 saturated carbocycles. The minimum Gasteiger partial charge on any atom is -0.340 e. The number of anilines is 1. The molecule has 1 heterocycles. The zero-order valence-corrected chi connectivity index (χ0v) is 15.2. The first-order valence-corrected chi connectivity index (χ1v) is 8.75. The number of hydrogen-bond acceptors (Lipinski definition) is 4. The number of nitrogens with one attached hydrogen (secondary N) is 1. The van der Waals surface area contributed by atoms with E-state index in [0.717, 1.165) is 5.56 Å². The standard InChI is InChI=1S/C17H20ClN3O2S/c1-20(10-16(22)19-15-6-4-3-5-14(15)18)11-17(23)21(2)9-13-7-8-24-12-13/h3-8,12H,9-11H2,1-2H3,(H,19,22). The molecule has 1 aromatic heterocycles. The third-order valence-corrected chi connectivity index (χ3v) is 4.45. The molecule has 2 aromatic rings. The molecule has 1 N–H and O–H groups in total. The van der Waals surface area contributed by atoms with Gasteiger partial charge in [0.1, 0.15) is 0 Å². The van der Waals surface area contributed by atoms with E-state index in [1.807, 2.05) is 16.8 Å². The highest BCUT2D eigenvalue weighted by Gasteiger charge is 2.15. The topological polar surface area (TPSA) is 52.7 Å². The lowest BCUT2D eigenvalue weighted by Crippen LogP contribution is -2.39. The van der Waals surface area contributed by atoms with Gasteiger partial charge in [-0.1, -0.05) is 23.7 Å². The Bertz CT molecular complexity index is 691. The van der Waals surface area contributed by atoms with Crippen molar-refractivity contribution in [2.45, 2.75) is 6.54 Å². The van der Waals surface area contributed by atoms with Crippen molar-refractivity contribution in [1.82, 2.24) is 9.80 Å². The molecule has 0 spiro atoms. The molecule has 1 aromatic carbocycles. The number of amides is 2. The second-order valence-electron chi connectivity index (χ2n) is 5.58. The number of benzene rings is 1. The highest BCUT2D eigenvalue weighted by molar-refractivity contribution is 7.07. The summed E-state index contributed by atoms with van der Waals surface area (Å²) in [6.45, 7) is 0.863. The van der Waals surface area contributed by atoms with Crippen molar-refractivity contribution in [2.75, 3.05) is 32.5 Å². The van der Waals surface area contributed by atoms with Gasteiger partial charge in [0.05, 0.1) is 23.8 Å². The van der Waals surface area contributed by atoms with Crippen LogP contribution in [0.1, 0.15) is 5.56 Å². The number of likely N-dealkylation sites (N-methyl/N-ethyl adjacent to an activating group) is 2. The molecule has 128 valence electrons. The van der Waals surface area contributed by atoms with Crippen LogP contribution in [0.3, 0.4) is 0 Å². The Morgan fingerprint density at radius 1 is 1.17 bits per heavy atom. The summed E-state index contributed by atoms with van der Waals surface area (Å²) in [7, 11) is 3.50. The van der Waals surface area contributed by atoms with Crippen molar-refractivity contribution in [3.8, 4) is 0 Å². The van der Waals surface area contributed by atoms with Gasteiger partial charge in [-0.2, -0.15) is 11.3 Å². The lowest BCUT2D eigenvalue weighted by atomic mass is 10.3. The molecular weight excluding hydrogens is 346 g/mol. The molecule has 0 atom stereocenters. The molecule has 0 radical (unpaired) electrons. The molecule has 0 aliphatic carbocycles. The number of carbonyl (C=O) groups excluding carboxylic acids is 2. The van der Waals surface area contributed by atoms with Crippen molar-refractivity contribution in [3.05, 3.63) is 51.7 Å². The molecule has 2 amide bonds. The SMILES string of the molecule is CN(CC(=O)Nc1ccccc1Cl)CC(=O)N(C)Cc1ccsc1. The zero-order valence-electron chi connectivity index (χ0n) is 13.7. The van der Waals surface area contributed by atoms with Gasteiger partial charge < -0.3 is 10.2 Å². The van der Waals surface area contributed by atoms with Crippen LogP contribution in [0.15, 0.2) is 41.1 Å². The molecular formula is C17H20ClN3O2S. The number of carbonyl (C=O) groups is 2. The van der Waals surface area contributed by atoms with Gasteiger partial charge in [0, 0.05) is 13.6 Å². The molecule has 0 unspecified atom stereocenters. The first kappa shape index (κ1) is 18.4. The number of halogens is 1. The lowest BCUT2D eigenvalue weighted by molar-refractivity contribution is -0.131. The summed E-state index contributed by atoms with van der Waals surface area (Å²) in [4.78, 5) is 27.6. The summed E-state index contributed by atoms with van der Waals surface area (Å²) in [5, 5.41) is 7.23. The monoisotopic (exact) mass is 365 g/mol. The van der Waals surface area contributed by atoms with Crippen LogP contribution < -0.4 is 5.32 Å². The lowest BCUT2D eigenvalue weighted by Gasteiger charge is -2.21. The van der Waals surface area contributed by atoms with Crippen molar-refractivity contribution < 1.29 is 9.59 Å². The molecule has 0 bridgehead atoms. The van der Waals surface area contributed by atoms with Gasteiger partial charge in [0.25, 0.3) is 0 Å². The predicted molar refractivity (Wildman–Crippen MR) is 98.4 cm³/mol. The predicted octanol–water partition coefficient (Wildman–Crippen LogP) is 2.93. The number of para-hydroxylation sites is 1.